The Kier molecular flexibility index (Phi) is 5.59. The van der Waals surface area contributed by atoms with Crippen LogP contribution >= 0.6 is 0 Å². The topological polar surface area (TPSA) is 50.2 Å². The number of aryl methyl sites for hydroxylation is 1. The van der Waals surface area contributed by atoms with Crippen LogP contribution in [0.5, 0.6) is 0 Å². The molecule has 1 atom stereocenters. The number of nitrogens with zero attached hydrogens (tertiary/aromatic N) is 3. The number of carbonyl (C=O) groups is 1. The Labute approximate surface area is 121 Å². The van der Waals surface area contributed by atoms with Crippen molar-refractivity contribution in [3.63, 3.8) is 0 Å². The molecule has 0 aromatic carbocycles. The van der Waals surface area contributed by atoms with E-state index in [1.165, 1.54) is 19.4 Å². The first kappa shape index (κ1) is 15.0. The second kappa shape index (κ2) is 7.43. The highest BCUT2D eigenvalue weighted by Gasteiger charge is 2.17. The largest absolute Gasteiger partial charge is 0.354 e. The number of rotatable bonds is 6. The van der Waals surface area contributed by atoms with Crippen molar-refractivity contribution in [1.82, 2.24) is 20.0 Å². The highest BCUT2D eigenvalue weighted by atomic mass is 16.1. The molecule has 1 aliphatic rings. The highest BCUT2D eigenvalue weighted by Crippen LogP contribution is 2.19. The first-order chi connectivity index (χ1) is 9.63. The zero-order chi connectivity index (χ0) is 14.4. The second-order valence-electron chi connectivity index (χ2n) is 5.94. The van der Waals surface area contributed by atoms with E-state index in [0.29, 0.717) is 18.9 Å². The Morgan fingerprint density at radius 2 is 2.40 bits per heavy atom. The Hall–Kier alpha value is -1.36. The third-order valence-corrected chi connectivity index (χ3v) is 3.93. The van der Waals surface area contributed by atoms with Gasteiger partial charge in [0, 0.05) is 25.7 Å². The number of hydrogen-bond donors (Lipinski definition) is 1. The van der Waals surface area contributed by atoms with Crippen LogP contribution in [0.1, 0.15) is 31.2 Å². The fourth-order valence-electron chi connectivity index (χ4n) is 2.83. The number of amides is 1. The predicted molar refractivity (Wildman–Crippen MR) is 79.4 cm³/mol. The number of hydrogen-bond acceptors (Lipinski definition) is 3. The molecule has 5 heteroatoms. The van der Waals surface area contributed by atoms with Crippen molar-refractivity contribution in [2.45, 2.75) is 39.2 Å². The number of nitrogens with one attached hydrogen (secondary N) is 1. The number of likely N-dealkylation sites (tertiary alicyclic amines) is 1. The van der Waals surface area contributed by atoms with Crippen molar-refractivity contribution >= 4 is 5.91 Å². The molecule has 1 aromatic rings. The molecule has 2 heterocycles. The fraction of sp³-hybridized carbons (Fsp3) is 0.733. The molecule has 5 nitrogen and oxygen atoms in total. The molecule has 1 fully saturated rings. The Balaban J connectivity index is 1.58. The van der Waals surface area contributed by atoms with E-state index < -0.39 is 0 Å². The van der Waals surface area contributed by atoms with E-state index in [1.54, 1.807) is 0 Å². The van der Waals surface area contributed by atoms with E-state index in [2.05, 4.69) is 22.4 Å². The minimum absolute atomic E-state index is 0.169. The van der Waals surface area contributed by atoms with Gasteiger partial charge in [-0.05, 0) is 51.3 Å². The maximum absolute atomic E-state index is 11.8. The standard InChI is InChI=1S/C15H26N4O/c1-13-10-17-19(11-13)9-7-16-15(20)6-5-14-4-3-8-18(2)12-14/h10-11,14H,3-9,12H2,1-2H3,(H,16,20)/t14-/m1/s1. The van der Waals surface area contributed by atoms with Gasteiger partial charge in [0.05, 0.1) is 12.7 Å². The number of aromatic nitrogens is 2. The summed E-state index contributed by atoms with van der Waals surface area (Å²) < 4.78 is 1.87. The van der Waals surface area contributed by atoms with Gasteiger partial charge in [0.25, 0.3) is 0 Å². The summed E-state index contributed by atoms with van der Waals surface area (Å²) in [5.41, 5.74) is 1.15. The molecule has 1 aromatic heterocycles. The van der Waals surface area contributed by atoms with Crippen LogP contribution in [0.3, 0.4) is 0 Å². The van der Waals surface area contributed by atoms with E-state index in [1.807, 2.05) is 24.0 Å². The Morgan fingerprint density at radius 3 is 3.10 bits per heavy atom. The van der Waals surface area contributed by atoms with E-state index in [9.17, 15) is 4.79 Å². The Morgan fingerprint density at radius 1 is 1.55 bits per heavy atom. The van der Waals surface area contributed by atoms with Gasteiger partial charge in [-0.1, -0.05) is 0 Å². The molecule has 0 saturated carbocycles. The average molecular weight is 278 g/mol. The van der Waals surface area contributed by atoms with Crippen LogP contribution in [0.15, 0.2) is 12.4 Å². The second-order valence-corrected chi connectivity index (χ2v) is 5.94. The first-order valence-corrected chi connectivity index (χ1v) is 7.58. The normalized spacial score (nSPS) is 20.0. The van der Waals surface area contributed by atoms with Gasteiger partial charge in [0.2, 0.25) is 5.91 Å². The smallest absolute Gasteiger partial charge is 0.220 e. The van der Waals surface area contributed by atoms with Gasteiger partial charge < -0.3 is 10.2 Å². The van der Waals surface area contributed by atoms with Crippen LogP contribution in [0.2, 0.25) is 0 Å². The molecule has 112 valence electrons. The summed E-state index contributed by atoms with van der Waals surface area (Å²) in [6.07, 6.45) is 8.02. The van der Waals surface area contributed by atoms with E-state index in [-0.39, 0.29) is 5.91 Å². The summed E-state index contributed by atoms with van der Waals surface area (Å²) in [7, 11) is 2.16. The Bertz CT molecular complexity index is 429. The number of piperidine rings is 1. The van der Waals surface area contributed by atoms with Crippen LogP contribution in [0.25, 0.3) is 0 Å². The first-order valence-electron chi connectivity index (χ1n) is 7.58. The van der Waals surface area contributed by atoms with Gasteiger partial charge in [0.15, 0.2) is 0 Å². The molecule has 1 saturated heterocycles. The molecule has 1 aliphatic heterocycles. The molecule has 1 amide bonds. The van der Waals surface area contributed by atoms with Gasteiger partial charge in [-0.2, -0.15) is 5.10 Å². The lowest BCUT2D eigenvalue weighted by molar-refractivity contribution is -0.121. The minimum Gasteiger partial charge on any atom is -0.354 e. The van der Waals surface area contributed by atoms with E-state index in [0.717, 1.165) is 25.1 Å². The fourth-order valence-corrected chi connectivity index (χ4v) is 2.83. The van der Waals surface area contributed by atoms with Crippen LogP contribution in [-0.4, -0.2) is 47.3 Å². The summed E-state index contributed by atoms with van der Waals surface area (Å²) in [6.45, 7) is 5.76. The van der Waals surface area contributed by atoms with Crippen LogP contribution < -0.4 is 5.32 Å². The molecule has 1 N–H and O–H groups in total. The molecule has 0 radical (unpaired) electrons. The SMILES string of the molecule is Cc1cnn(CCNC(=O)CC[C@H]2CCCN(C)C2)c1. The van der Waals surface area contributed by atoms with Crippen molar-refractivity contribution in [1.29, 1.82) is 0 Å². The lowest BCUT2D eigenvalue weighted by Gasteiger charge is -2.29. The average Bonchev–Trinajstić information content (AvgIpc) is 2.82. The summed E-state index contributed by atoms with van der Waals surface area (Å²) >= 11 is 0. The van der Waals surface area contributed by atoms with Gasteiger partial charge in [-0.3, -0.25) is 9.48 Å². The molecule has 0 aliphatic carbocycles. The van der Waals surface area contributed by atoms with Gasteiger partial charge in [-0.15, -0.1) is 0 Å². The molecular weight excluding hydrogens is 252 g/mol. The van der Waals surface area contributed by atoms with Crippen molar-refractivity contribution in [3.05, 3.63) is 18.0 Å². The van der Waals surface area contributed by atoms with Gasteiger partial charge in [0.1, 0.15) is 0 Å². The third-order valence-electron chi connectivity index (χ3n) is 3.93. The van der Waals surface area contributed by atoms with Crippen molar-refractivity contribution in [3.8, 4) is 0 Å². The maximum atomic E-state index is 11.8. The predicted octanol–water partition coefficient (Wildman–Crippen LogP) is 1.43. The lowest BCUT2D eigenvalue weighted by atomic mass is 9.93. The molecule has 0 unspecified atom stereocenters. The monoisotopic (exact) mass is 278 g/mol. The van der Waals surface area contributed by atoms with Crippen LogP contribution in [0, 0.1) is 12.8 Å². The van der Waals surface area contributed by atoms with Gasteiger partial charge in [-0.25, -0.2) is 0 Å². The molecule has 0 spiro atoms. The van der Waals surface area contributed by atoms with Crippen LogP contribution in [0.4, 0.5) is 0 Å². The maximum Gasteiger partial charge on any atom is 0.220 e. The summed E-state index contributed by atoms with van der Waals surface area (Å²) in [4.78, 5) is 14.2. The minimum atomic E-state index is 0.169. The molecule has 20 heavy (non-hydrogen) atoms. The van der Waals surface area contributed by atoms with E-state index >= 15 is 0 Å². The zero-order valence-electron chi connectivity index (χ0n) is 12.6. The molecule has 0 bridgehead atoms. The van der Waals surface area contributed by atoms with Crippen molar-refractivity contribution in [2.75, 3.05) is 26.7 Å². The lowest BCUT2D eigenvalue weighted by Crippen LogP contribution is -2.33. The van der Waals surface area contributed by atoms with Crippen molar-refractivity contribution in [2.24, 2.45) is 5.92 Å². The molecular formula is C15H26N4O. The molecule has 2 rings (SSSR count). The van der Waals surface area contributed by atoms with E-state index in [4.69, 9.17) is 0 Å². The zero-order valence-corrected chi connectivity index (χ0v) is 12.6. The third kappa shape index (κ3) is 4.96. The number of carbonyl (C=O) groups excluding carboxylic acids is 1. The van der Waals surface area contributed by atoms with Gasteiger partial charge >= 0.3 is 0 Å². The summed E-state index contributed by atoms with van der Waals surface area (Å²) in [5, 5.41) is 7.18. The quantitative estimate of drug-likeness (QED) is 0.856. The highest BCUT2D eigenvalue weighted by molar-refractivity contribution is 5.75. The van der Waals surface area contributed by atoms with Crippen LogP contribution in [-0.2, 0) is 11.3 Å². The van der Waals surface area contributed by atoms with Crippen molar-refractivity contribution < 1.29 is 4.79 Å². The summed E-state index contributed by atoms with van der Waals surface area (Å²) in [6, 6.07) is 0. The summed E-state index contributed by atoms with van der Waals surface area (Å²) in [5.74, 6) is 0.857.